The van der Waals surface area contributed by atoms with Crippen LogP contribution in [0.25, 0.3) is 0 Å². The van der Waals surface area contributed by atoms with Gasteiger partial charge in [-0.2, -0.15) is 0 Å². The summed E-state index contributed by atoms with van der Waals surface area (Å²) in [5.41, 5.74) is 0.488. The minimum absolute atomic E-state index is 0.338. The molecule has 0 bridgehead atoms. The van der Waals surface area contributed by atoms with Gasteiger partial charge in [-0.1, -0.05) is 6.58 Å². The lowest BCUT2D eigenvalue weighted by Crippen LogP contribution is -2.09. The fraction of sp³-hybridized carbons (Fsp3) is 0.600. The summed E-state index contributed by atoms with van der Waals surface area (Å²) >= 11 is 0. The molecule has 1 radical (unpaired) electrons. The van der Waals surface area contributed by atoms with Crippen molar-refractivity contribution in [1.82, 2.24) is 0 Å². The zero-order valence-corrected chi connectivity index (χ0v) is 4.35. The van der Waals surface area contributed by atoms with E-state index in [1.165, 1.54) is 0 Å². The average molecular weight is 101 g/mol. The lowest BCUT2D eigenvalue weighted by Gasteiger charge is -1.99. The van der Waals surface area contributed by atoms with Gasteiger partial charge in [0.25, 0.3) is 0 Å². The third-order valence-corrected chi connectivity index (χ3v) is 0.715. The highest BCUT2D eigenvalue weighted by Gasteiger charge is 2.01. The second-order valence-electron chi connectivity index (χ2n) is 1.52. The molecule has 1 N–H and O–H groups in total. The van der Waals surface area contributed by atoms with Crippen molar-refractivity contribution in [2.75, 3.05) is 6.61 Å². The van der Waals surface area contributed by atoms with Crippen LogP contribution in [0.4, 0.5) is 0 Å². The Hall–Kier alpha value is -0.340. The van der Waals surface area contributed by atoms with Gasteiger partial charge in [-0.05, 0) is 12.5 Å². The van der Waals surface area contributed by atoms with Crippen molar-refractivity contribution in [3.8, 4) is 0 Å². The summed E-state index contributed by atoms with van der Waals surface area (Å²) in [6, 6.07) is 0. The van der Waals surface area contributed by atoms with Crippen LogP contribution in [0.15, 0.2) is 12.2 Å². The molecule has 1 unspecified atom stereocenters. The highest BCUT2D eigenvalue weighted by atomic mass is 16.3. The average Bonchev–Trinajstić information content (AvgIpc) is 1.65. The maximum atomic E-state index is 10.2. The van der Waals surface area contributed by atoms with Crippen LogP contribution >= 0.6 is 0 Å². The van der Waals surface area contributed by atoms with Crippen LogP contribution in [0.2, 0.25) is 0 Å². The number of aliphatic hydroxyl groups excluding tert-OH is 1. The number of hydrogen-bond donors (Lipinski definition) is 1. The summed E-state index contributed by atoms with van der Waals surface area (Å²) < 4.78 is 0. The van der Waals surface area contributed by atoms with Crippen molar-refractivity contribution in [2.24, 2.45) is 0 Å². The molecule has 0 saturated heterocycles. The molecule has 0 rings (SSSR count). The first-order valence-electron chi connectivity index (χ1n) is 2.10. The van der Waals surface area contributed by atoms with Gasteiger partial charge >= 0.3 is 0 Å². The lowest BCUT2D eigenvalue weighted by atomic mass is 10.2. The lowest BCUT2D eigenvalue weighted by molar-refractivity contribution is 0.0618. The first-order valence-corrected chi connectivity index (χ1v) is 2.10. The van der Waals surface area contributed by atoms with E-state index in [9.17, 15) is 5.11 Å². The summed E-state index contributed by atoms with van der Waals surface area (Å²) in [4.78, 5) is 0. The van der Waals surface area contributed by atoms with Crippen LogP contribution in [0, 0.1) is 0 Å². The molecule has 41 valence electrons. The normalized spacial score (nSPS) is 13.6. The third kappa shape index (κ3) is 2.37. The predicted molar refractivity (Wildman–Crippen MR) is 26.4 cm³/mol. The van der Waals surface area contributed by atoms with Crippen molar-refractivity contribution >= 4 is 0 Å². The topological polar surface area (TPSA) is 40.1 Å². The Kier molecular flexibility index (Phi) is 2.64. The molecule has 0 amide bonds. The Labute approximate surface area is 43.1 Å². The Morgan fingerprint density at radius 2 is 2.43 bits per heavy atom. The number of aliphatic hydroxyl groups is 1. The third-order valence-electron chi connectivity index (χ3n) is 0.715. The molecule has 0 aliphatic carbocycles. The molecule has 1 atom stereocenters. The van der Waals surface area contributed by atoms with E-state index < -0.39 is 6.10 Å². The van der Waals surface area contributed by atoms with E-state index in [2.05, 4.69) is 6.58 Å². The molecule has 0 aliphatic rings. The standard InChI is InChI=1S/C5H9O2/c1-4(2)5(7)3-6/h5-6H,1,3H2,2H3. The second-order valence-corrected chi connectivity index (χ2v) is 1.52. The van der Waals surface area contributed by atoms with E-state index in [1.807, 2.05) is 0 Å². The Balaban J connectivity index is 3.34. The molecule has 0 aromatic heterocycles. The van der Waals surface area contributed by atoms with Gasteiger partial charge in [0, 0.05) is 0 Å². The van der Waals surface area contributed by atoms with E-state index in [1.54, 1.807) is 6.92 Å². The molecule has 0 aromatic carbocycles. The van der Waals surface area contributed by atoms with Crippen molar-refractivity contribution in [3.05, 3.63) is 12.2 Å². The SMILES string of the molecule is C=C(C)C([O])CO. The molecule has 0 aromatic rings. The smallest absolute Gasteiger partial charge is 0.136 e. The Morgan fingerprint density at radius 1 is 2.00 bits per heavy atom. The summed E-state index contributed by atoms with van der Waals surface area (Å²) in [6.07, 6.45) is -0.986. The quantitative estimate of drug-likeness (QED) is 0.501. The monoisotopic (exact) mass is 101 g/mol. The van der Waals surface area contributed by atoms with E-state index in [0.29, 0.717) is 5.57 Å². The first kappa shape index (κ1) is 6.66. The first-order chi connectivity index (χ1) is 3.18. The van der Waals surface area contributed by atoms with E-state index in [4.69, 9.17) is 5.11 Å². The highest BCUT2D eigenvalue weighted by Crippen LogP contribution is 1.94. The van der Waals surface area contributed by atoms with Gasteiger partial charge < -0.3 is 5.11 Å². The summed E-state index contributed by atoms with van der Waals surface area (Å²) in [6.45, 7) is 4.62. The summed E-state index contributed by atoms with van der Waals surface area (Å²) in [5, 5.41) is 18.4. The predicted octanol–water partition coefficient (Wildman–Crippen LogP) is 0.354. The summed E-state index contributed by atoms with van der Waals surface area (Å²) in [5.74, 6) is 0. The molecule has 0 fully saturated rings. The Morgan fingerprint density at radius 3 is 2.43 bits per heavy atom. The minimum Gasteiger partial charge on any atom is -0.393 e. The van der Waals surface area contributed by atoms with Gasteiger partial charge in [0.2, 0.25) is 0 Å². The number of rotatable bonds is 2. The fourth-order valence-electron chi connectivity index (χ4n) is 0.156. The maximum absolute atomic E-state index is 10.2. The molecule has 2 nitrogen and oxygen atoms in total. The van der Waals surface area contributed by atoms with Crippen molar-refractivity contribution in [3.63, 3.8) is 0 Å². The van der Waals surface area contributed by atoms with Gasteiger partial charge in [0.15, 0.2) is 0 Å². The van der Waals surface area contributed by atoms with Crippen LogP contribution in [0.1, 0.15) is 6.92 Å². The van der Waals surface area contributed by atoms with E-state index in [0.717, 1.165) is 0 Å². The zero-order valence-electron chi connectivity index (χ0n) is 4.35. The van der Waals surface area contributed by atoms with E-state index >= 15 is 0 Å². The van der Waals surface area contributed by atoms with Crippen molar-refractivity contribution in [2.45, 2.75) is 13.0 Å². The van der Waals surface area contributed by atoms with Crippen LogP contribution in [-0.2, 0) is 5.11 Å². The maximum Gasteiger partial charge on any atom is 0.136 e. The van der Waals surface area contributed by atoms with Crippen molar-refractivity contribution < 1.29 is 10.2 Å². The number of hydrogen-bond acceptors (Lipinski definition) is 1. The molecule has 0 heterocycles. The molecule has 2 heteroatoms. The molecule has 0 spiro atoms. The zero-order chi connectivity index (χ0) is 5.86. The van der Waals surface area contributed by atoms with Crippen LogP contribution < -0.4 is 0 Å². The second kappa shape index (κ2) is 2.77. The van der Waals surface area contributed by atoms with Gasteiger partial charge in [-0.3, -0.25) is 0 Å². The molecular weight excluding hydrogens is 92.1 g/mol. The van der Waals surface area contributed by atoms with Gasteiger partial charge in [0.1, 0.15) is 6.10 Å². The largest absolute Gasteiger partial charge is 0.393 e. The highest BCUT2D eigenvalue weighted by molar-refractivity contribution is 4.95. The van der Waals surface area contributed by atoms with Crippen LogP contribution in [-0.4, -0.2) is 17.8 Å². The molecule has 0 aliphatic heterocycles. The van der Waals surface area contributed by atoms with Crippen molar-refractivity contribution in [1.29, 1.82) is 0 Å². The van der Waals surface area contributed by atoms with Crippen LogP contribution in [0.5, 0.6) is 0 Å². The molecule has 7 heavy (non-hydrogen) atoms. The minimum atomic E-state index is -0.986. The molecule has 0 saturated carbocycles. The van der Waals surface area contributed by atoms with E-state index in [-0.39, 0.29) is 6.61 Å². The van der Waals surface area contributed by atoms with Crippen LogP contribution in [0.3, 0.4) is 0 Å². The summed E-state index contributed by atoms with van der Waals surface area (Å²) in [7, 11) is 0. The van der Waals surface area contributed by atoms with Gasteiger partial charge in [-0.25, -0.2) is 5.11 Å². The van der Waals surface area contributed by atoms with Gasteiger partial charge in [-0.15, -0.1) is 0 Å². The molecular formula is C5H9O2. The Bertz CT molecular complexity index is 68.5. The van der Waals surface area contributed by atoms with Gasteiger partial charge in [0.05, 0.1) is 6.61 Å². The fourth-order valence-corrected chi connectivity index (χ4v) is 0.156.